The van der Waals surface area contributed by atoms with Gasteiger partial charge in [-0.25, -0.2) is 0 Å². The molecule has 0 atom stereocenters. The molecule has 27 heavy (non-hydrogen) atoms. The molecule has 1 amide bonds. The Kier molecular flexibility index (Phi) is 6.03. The highest BCUT2D eigenvalue weighted by atomic mass is 32.1. The van der Waals surface area contributed by atoms with Crippen LogP contribution >= 0.6 is 11.3 Å². The van der Waals surface area contributed by atoms with E-state index in [1.165, 1.54) is 18.3 Å². The molecular formula is C20H20N2O4S. The number of nitrogens with one attached hydrogen (secondary N) is 2. The van der Waals surface area contributed by atoms with Crippen LogP contribution in [0.15, 0.2) is 42.6 Å². The van der Waals surface area contributed by atoms with Gasteiger partial charge in [-0.2, -0.15) is 0 Å². The Balaban J connectivity index is 1.46. The van der Waals surface area contributed by atoms with Crippen molar-refractivity contribution < 1.29 is 19.1 Å². The lowest BCUT2D eigenvalue weighted by atomic mass is 10.1. The number of aromatic amines is 1. The summed E-state index contributed by atoms with van der Waals surface area (Å²) >= 11 is 1.29. The topological polar surface area (TPSA) is 88.3 Å². The summed E-state index contributed by atoms with van der Waals surface area (Å²) in [6.45, 7) is 1.56. The summed E-state index contributed by atoms with van der Waals surface area (Å²) < 4.78 is 5.11. The highest BCUT2D eigenvalue weighted by Gasteiger charge is 2.13. The largest absolute Gasteiger partial charge is 0.457 e. The predicted molar refractivity (Wildman–Crippen MR) is 104 cm³/mol. The number of carbonyl (C=O) groups is 3. The number of aryl methyl sites for hydroxylation is 1. The Morgan fingerprint density at radius 2 is 1.96 bits per heavy atom. The van der Waals surface area contributed by atoms with Gasteiger partial charge < -0.3 is 15.0 Å². The number of rotatable bonds is 8. The van der Waals surface area contributed by atoms with E-state index in [1.54, 1.807) is 12.1 Å². The molecule has 0 radical (unpaired) electrons. The van der Waals surface area contributed by atoms with E-state index >= 15 is 0 Å². The van der Waals surface area contributed by atoms with E-state index in [2.05, 4.69) is 10.3 Å². The number of fused-ring (bicyclic) bond motifs is 1. The summed E-state index contributed by atoms with van der Waals surface area (Å²) in [5.74, 6) is -0.765. The van der Waals surface area contributed by atoms with Crippen molar-refractivity contribution in [3.63, 3.8) is 0 Å². The van der Waals surface area contributed by atoms with Crippen molar-refractivity contribution in [1.29, 1.82) is 0 Å². The van der Waals surface area contributed by atoms with Gasteiger partial charge in [-0.3, -0.25) is 14.4 Å². The van der Waals surface area contributed by atoms with Crippen LogP contribution in [0.3, 0.4) is 0 Å². The molecule has 2 aromatic heterocycles. The number of para-hydroxylation sites is 1. The van der Waals surface area contributed by atoms with Gasteiger partial charge in [-0.15, -0.1) is 11.3 Å². The number of carbonyl (C=O) groups excluding carboxylic acids is 3. The molecule has 2 N–H and O–H groups in total. The molecule has 140 valence electrons. The molecule has 0 spiro atoms. The van der Waals surface area contributed by atoms with Crippen molar-refractivity contribution in [3.8, 4) is 0 Å². The first-order valence-electron chi connectivity index (χ1n) is 8.60. The van der Waals surface area contributed by atoms with E-state index in [4.69, 9.17) is 4.74 Å². The van der Waals surface area contributed by atoms with Crippen LogP contribution in [0.2, 0.25) is 0 Å². The van der Waals surface area contributed by atoms with Gasteiger partial charge in [-0.05, 0) is 30.2 Å². The molecule has 0 saturated carbocycles. The number of ether oxygens (including phenoxy) is 1. The fraction of sp³-hybridized carbons (Fsp3) is 0.250. The van der Waals surface area contributed by atoms with Crippen LogP contribution in [0.4, 0.5) is 0 Å². The molecule has 0 aliphatic carbocycles. The number of benzene rings is 1. The normalized spacial score (nSPS) is 10.7. The minimum absolute atomic E-state index is 0.125. The number of amides is 1. The molecule has 7 heteroatoms. The van der Waals surface area contributed by atoms with Gasteiger partial charge in [0, 0.05) is 35.3 Å². The maximum absolute atomic E-state index is 12.1. The van der Waals surface area contributed by atoms with E-state index in [1.807, 2.05) is 30.5 Å². The number of H-pyrrole nitrogens is 1. The van der Waals surface area contributed by atoms with Crippen molar-refractivity contribution in [3.05, 3.63) is 57.9 Å². The summed E-state index contributed by atoms with van der Waals surface area (Å²) in [5, 5.41) is 3.77. The second kappa shape index (κ2) is 8.64. The Labute approximate surface area is 160 Å². The van der Waals surface area contributed by atoms with Crippen molar-refractivity contribution in [2.24, 2.45) is 0 Å². The first-order chi connectivity index (χ1) is 13.0. The van der Waals surface area contributed by atoms with Crippen LogP contribution in [0.5, 0.6) is 0 Å². The first-order valence-corrected chi connectivity index (χ1v) is 9.41. The summed E-state index contributed by atoms with van der Waals surface area (Å²) in [7, 11) is 0. The second-order valence-corrected chi connectivity index (χ2v) is 7.29. The van der Waals surface area contributed by atoms with Crippen molar-refractivity contribution in [2.75, 3.05) is 6.61 Å². The highest BCUT2D eigenvalue weighted by molar-refractivity contribution is 7.14. The van der Waals surface area contributed by atoms with E-state index in [9.17, 15) is 14.4 Å². The number of hydrogen-bond acceptors (Lipinski definition) is 5. The molecular weight excluding hydrogens is 364 g/mol. The average molecular weight is 384 g/mol. The zero-order chi connectivity index (χ0) is 19.2. The number of ketones is 1. The standard InChI is InChI=1S/C20H20N2O4S/c1-13(23)21-11-15-7-8-19(27-15)18(24)12-26-20(25)9-6-14-10-22-17-5-3-2-4-16(14)17/h2-5,7-8,10,22H,6,9,11-12H2,1H3,(H,21,23). The smallest absolute Gasteiger partial charge is 0.306 e. The Hall–Kier alpha value is -2.93. The van der Waals surface area contributed by atoms with Gasteiger partial charge >= 0.3 is 5.97 Å². The third kappa shape index (κ3) is 5.04. The fourth-order valence-corrected chi connectivity index (χ4v) is 3.57. The Bertz CT molecular complexity index is 973. The number of hydrogen-bond donors (Lipinski definition) is 2. The van der Waals surface area contributed by atoms with Gasteiger partial charge in [0.2, 0.25) is 11.7 Å². The number of thiophene rings is 1. The summed E-state index contributed by atoms with van der Waals surface area (Å²) in [6, 6.07) is 11.4. The zero-order valence-electron chi connectivity index (χ0n) is 14.9. The van der Waals surface area contributed by atoms with Crippen LogP contribution in [0, 0.1) is 0 Å². The van der Waals surface area contributed by atoms with E-state index in [0.29, 0.717) is 17.8 Å². The van der Waals surface area contributed by atoms with Crippen LogP contribution in [0.1, 0.15) is 33.5 Å². The summed E-state index contributed by atoms with van der Waals surface area (Å²) in [5.41, 5.74) is 2.08. The lowest BCUT2D eigenvalue weighted by Crippen LogP contribution is -2.18. The average Bonchev–Trinajstić information content (AvgIpc) is 3.30. The molecule has 6 nitrogen and oxygen atoms in total. The molecule has 0 aliphatic heterocycles. The SMILES string of the molecule is CC(=O)NCc1ccc(C(=O)COC(=O)CCc2c[nH]c3ccccc23)s1. The minimum atomic E-state index is -0.399. The summed E-state index contributed by atoms with van der Waals surface area (Å²) in [6.07, 6.45) is 2.66. The molecule has 0 aliphatic rings. The lowest BCUT2D eigenvalue weighted by Gasteiger charge is -2.03. The van der Waals surface area contributed by atoms with Crippen molar-refractivity contribution in [2.45, 2.75) is 26.3 Å². The van der Waals surface area contributed by atoms with Gasteiger partial charge in [0.05, 0.1) is 11.4 Å². The quantitative estimate of drug-likeness (QED) is 0.461. The molecule has 0 saturated heterocycles. The van der Waals surface area contributed by atoms with Gasteiger partial charge in [-0.1, -0.05) is 18.2 Å². The Morgan fingerprint density at radius 1 is 1.15 bits per heavy atom. The van der Waals surface area contributed by atoms with Gasteiger partial charge in [0.15, 0.2) is 6.61 Å². The van der Waals surface area contributed by atoms with Gasteiger partial charge in [0.1, 0.15) is 0 Å². The highest BCUT2D eigenvalue weighted by Crippen LogP contribution is 2.19. The minimum Gasteiger partial charge on any atom is -0.457 e. The number of Topliss-reactive ketones (excluding diaryl/α,β-unsaturated/α-hetero) is 1. The Morgan fingerprint density at radius 3 is 2.78 bits per heavy atom. The molecule has 2 heterocycles. The molecule has 0 bridgehead atoms. The van der Waals surface area contributed by atoms with Crippen LogP contribution in [0.25, 0.3) is 10.9 Å². The van der Waals surface area contributed by atoms with Crippen LogP contribution in [-0.4, -0.2) is 29.3 Å². The number of aromatic nitrogens is 1. The van der Waals surface area contributed by atoms with Crippen molar-refractivity contribution in [1.82, 2.24) is 10.3 Å². The monoisotopic (exact) mass is 384 g/mol. The summed E-state index contributed by atoms with van der Waals surface area (Å²) in [4.78, 5) is 39.6. The van der Waals surface area contributed by atoms with Crippen LogP contribution < -0.4 is 5.32 Å². The lowest BCUT2D eigenvalue weighted by molar-refractivity contribution is -0.142. The molecule has 0 fully saturated rings. The zero-order valence-corrected chi connectivity index (χ0v) is 15.7. The van der Waals surface area contributed by atoms with E-state index < -0.39 is 5.97 Å². The maximum atomic E-state index is 12.1. The molecule has 0 unspecified atom stereocenters. The maximum Gasteiger partial charge on any atom is 0.306 e. The molecule has 3 rings (SSSR count). The predicted octanol–water partition coefficient (Wildman–Crippen LogP) is 3.22. The second-order valence-electron chi connectivity index (χ2n) is 6.12. The molecule has 3 aromatic rings. The fourth-order valence-electron chi connectivity index (χ4n) is 2.70. The first kappa shape index (κ1) is 18.8. The van der Waals surface area contributed by atoms with Gasteiger partial charge in [0.25, 0.3) is 0 Å². The van der Waals surface area contributed by atoms with E-state index in [0.717, 1.165) is 21.3 Å². The van der Waals surface area contributed by atoms with Crippen LogP contribution in [-0.2, 0) is 27.3 Å². The molecule has 1 aromatic carbocycles. The number of esters is 1. The third-order valence-electron chi connectivity index (χ3n) is 4.09. The third-order valence-corrected chi connectivity index (χ3v) is 5.21. The van der Waals surface area contributed by atoms with Crippen molar-refractivity contribution >= 4 is 39.9 Å². The van der Waals surface area contributed by atoms with E-state index in [-0.39, 0.29) is 24.7 Å².